The largest absolute Gasteiger partial charge is 0.493 e. The highest BCUT2D eigenvalue weighted by Gasteiger charge is 2.12. The van der Waals surface area contributed by atoms with Crippen LogP contribution in [0, 0.1) is 0 Å². The number of hydrogen-bond acceptors (Lipinski definition) is 6. The standard InChI is InChI=1S/C19H24O6/c1-20-14-8-5-9-15(21-2)18(14)24-12-7-13-25-19-16(22-3)10-6-11-17(19)23-4/h5-6,8-11H,7,12-13H2,1-4H3. The van der Waals surface area contributed by atoms with Crippen molar-refractivity contribution >= 4 is 0 Å². The molecule has 0 saturated heterocycles. The Bertz CT molecular complexity index is 569. The van der Waals surface area contributed by atoms with E-state index in [0.29, 0.717) is 54.1 Å². The second-order valence-electron chi connectivity index (χ2n) is 5.03. The minimum atomic E-state index is 0.453. The summed E-state index contributed by atoms with van der Waals surface area (Å²) >= 11 is 0. The van der Waals surface area contributed by atoms with Crippen LogP contribution in [0.3, 0.4) is 0 Å². The van der Waals surface area contributed by atoms with E-state index in [4.69, 9.17) is 28.4 Å². The maximum absolute atomic E-state index is 5.81. The Labute approximate surface area is 148 Å². The first kappa shape index (κ1) is 18.6. The zero-order chi connectivity index (χ0) is 18.1. The molecule has 0 amide bonds. The van der Waals surface area contributed by atoms with Crippen molar-refractivity contribution in [1.29, 1.82) is 0 Å². The summed E-state index contributed by atoms with van der Waals surface area (Å²) in [5.74, 6) is 3.70. The molecule has 0 bridgehead atoms. The third kappa shape index (κ3) is 4.62. The minimum absolute atomic E-state index is 0.453. The van der Waals surface area contributed by atoms with Crippen LogP contribution >= 0.6 is 0 Å². The fourth-order valence-corrected chi connectivity index (χ4v) is 2.33. The summed E-state index contributed by atoms with van der Waals surface area (Å²) in [6, 6.07) is 11.0. The Morgan fingerprint density at radius 3 is 1.16 bits per heavy atom. The van der Waals surface area contributed by atoms with E-state index in [1.807, 2.05) is 36.4 Å². The molecule has 0 saturated carbocycles. The minimum Gasteiger partial charge on any atom is -0.493 e. The molecule has 0 unspecified atom stereocenters. The lowest BCUT2D eigenvalue weighted by Crippen LogP contribution is -2.07. The van der Waals surface area contributed by atoms with E-state index in [0.717, 1.165) is 0 Å². The van der Waals surface area contributed by atoms with Gasteiger partial charge in [-0.1, -0.05) is 12.1 Å². The molecule has 2 rings (SSSR count). The fourth-order valence-electron chi connectivity index (χ4n) is 2.33. The first-order chi connectivity index (χ1) is 12.2. The molecule has 136 valence electrons. The second-order valence-corrected chi connectivity index (χ2v) is 5.03. The van der Waals surface area contributed by atoms with Crippen molar-refractivity contribution in [2.75, 3.05) is 41.7 Å². The lowest BCUT2D eigenvalue weighted by Gasteiger charge is -2.15. The highest BCUT2D eigenvalue weighted by atomic mass is 16.5. The van der Waals surface area contributed by atoms with Crippen LogP contribution in [0.25, 0.3) is 0 Å². The van der Waals surface area contributed by atoms with Crippen LogP contribution in [-0.4, -0.2) is 41.7 Å². The predicted octanol–water partition coefficient (Wildman–Crippen LogP) is 3.57. The summed E-state index contributed by atoms with van der Waals surface area (Å²) in [4.78, 5) is 0. The Balaban J connectivity index is 1.91. The van der Waals surface area contributed by atoms with Crippen LogP contribution in [0.15, 0.2) is 36.4 Å². The van der Waals surface area contributed by atoms with Gasteiger partial charge in [-0.2, -0.15) is 0 Å². The van der Waals surface area contributed by atoms with E-state index < -0.39 is 0 Å². The monoisotopic (exact) mass is 348 g/mol. The fraction of sp³-hybridized carbons (Fsp3) is 0.368. The Kier molecular flexibility index (Phi) is 7.07. The van der Waals surface area contributed by atoms with Gasteiger partial charge in [0.25, 0.3) is 0 Å². The van der Waals surface area contributed by atoms with Gasteiger partial charge in [-0.3, -0.25) is 0 Å². The van der Waals surface area contributed by atoms with E-state index in [2.05, 4.69) is 0 Å². The van der Waals surface area contributed by atoms with Crippen LogP contribution in [0.1, 0.15) is 6.42 Å². The average molecular weight is 348 g/mol. The van der Waals surface area contributed by atoms with Crippen LogP contribution in [0.5, 0.6) is 34.5 Å². The molecule has 0 aliphatic heterocycles. The summed E-state index contributed by atoms with van der Waals surface area (Å²) in [5.41, 5.74) is 0. The predicted molar refractivity (Wildman–Crippen MR) is 94.7 cm³/mol. The van der Waals surface area contributed by atoms with Gasteiger partial charge in [-0.15, -0.1) is 0 Å². The topological polar surface area (TPSA) is 55.4 Å². The Hall–Kier alpha value is -2.76. The quantitative estimate of drug-likeness (QED) is 0.612. The summed E-state index contributed by atoms with van der Waals surface area (Å²) in [7, 11) is 6.38. The third-order valence-electron chi connectivity index (χ3n) is 3.55. The molecule has 0 aromatic heterocycles. The molecule has 0 N–H and O–H groups in total. The average Bonchev–Trinajstić information content (AvgIpc) is 2.67. The molecular formula is C19H24O6. The summed E-state index contributed by atoms with van der Waals surface area (Å²) in [6.07, 6.45) is 0.669. The van der Waals surface area contributed by atoms with Gasteiger partial charge in [0.05, 0.1) is 41.7 Å². The zero-order valence-corrected chi connectivity index (χ0v) is 15.0. The van der Waals surface area contributed by atoms with Crippen molar-refractivity contribution < 1.29 is 28.4 Å². The van der Waals surface area contributed by atoms with E-state index in [-0.39, 0.29) is 0 Å². The number of methoxy groups -OCH3 is 4. The number of benzene rings is 2. The molecule has 0 heterocycles. The van der Waals surface area contributed by atoms with E-state index in [9.17, 15) is 0 Å². The molecule has 0 aliphatic carbocycles. The molecule has 2 aromatic rings. The number of para-hydroxylation sites is 2. The van der Waals surface area contributed by atoms with E-state index in [1.165, 1.54) is 0 Å². The highest BCUT2D eigenvalue weighted by molar-refractivity contribution is 5.51. The van der Waals surface area contributed by atoms with Gasteiger partial charge in [0.1, 0.15) is 0 Å². The first-order valence-corrected chi connectivity index (χ1v) is 7.92. The molecule has 2 aromatic carbocycles. The zero-order valence-electron chi connectivity index (χ0n) is 15.0. The summed E-state index contributed by atoms with van der Waals surface area (Å²) < 4.78 is 32.8. The lowest BCUT2D eigenvalue weighted by molar-refractivity contribution is 0.222. The van der Waals surface area contributed by atoms with Crippen LogP contribution in [-0.2, 0) is 0 Å². The van der Waals surface area contributed by atoms with Gasteiger partial charge in [-0.05, 0) is 24.3 Å². The normalized spacial score (nSPS) is 10.1. The van der Waals surface area contributed by atoms with Gasteiger partial charge in [-0.25, -0.2) is 0 Å². The van der Waals surface area contributed by atoms with Crippen molar-refractivity contribution in [3.05, 3.63) is 36.4 Å². The Morgan fingerprint density at radius 2 is 0.880 bits per heavy atom. The molecule has 25 heavy (non-hydrogen) atoms. The molecule has 0 spiro atoms. The number of rotatable bonds is 10. The Morgan fingerprint density at radius 1 is 0.560 bits per heavy atom. The molecule has 0 aliphatic rings. The van der Waals surface area contributed by atoms with Crippen molar-refractivity contribution in [3.63, 3.8) is 0 Å². The van der Waals surface area contributed by atoms with Gasteiger partial charge in [0.2, 0.25) is 11.5 Å². The van der Waals surface area contributed by atoms with Crippen LogP contribution in [0.4, 0.5) is 0 Å². The number of ether oxygens (including phenoxy) is 6. The molecule has 6 nitrogen and oxygen atoms in total. The van der Waals surface area contributed by atoms with E-state index >= 15 is 0 Å². The van der Waals surface area contributed by atoms with Crippen molar-refractivity contribution in [1.82, 2.24) is 0 Å². The second kappa shape index (κ2) is 9.52. The number of hydrogen-bond donors (Lipinski definition) is 0. The first-order valence-electron chi connectivity index (χ1n) is 7.92. The summed E-state index contributed by atoms with van der Waals surface area (Å²) in [6.45, 7) is 0.905. The maximum atomic E-state index is 5.81. The van der Waals surface area contributed by atoms with Crippen LogP contribution < -0.4 is 28.4 Å². The summed E-state index contributed by atoms with van der Waals surface area (Å²) in [5, 5.41) is 0. The van der Waals surface area contributed by atoms with Crippen molar-refractivity contribution in [3.8, 4) is 34.5 Å². The van der Waals surface area contributed by atoms with Gasteiger partial charge in [0, 0.05) is 6.42 Å². The van der Waals surface area contributed by atoms with Gasteiger partial charge >= 0.3 is 0 Å². The molecular weight excluding hydrogens is 324 g/mol. The molecule has 0 radical (unpaired) electrons. The molecule has 6 heteroatoms. The SMILES string of the molecule is COc1cccc(OC)c1OCCCOc1c(OC)cccc1OC. The highest BCUT2D eigenvalue weighted by Crippen LogP contribution is 2.38. The van der Waals surface area contributed by atoms with Crippen molar-refractivity contribution in [2.45, 2.75) is 6.42 Å². The van der Waals surface area contributed by atoms with E-state index in [1.54, 1.807) is 28.4 Å². The van der Waals surface area contributed by atoms with Crippen molar-refractivity contribution in [2.24, 2.45) is 0 Å². The van der Waals surface area contributed by atoms with Gasteiger partial charge in [0.15, 0.2) is 23.0 Å². The lowest BCUT2D eigenvalue weighted by atomic mass is 10.3. The maximum Gasteiger partial charge on any atom is 0.203 e. The third-order valence-corrected chi connectivity index (χ3v) is 3.55. The molecule has 0 fully saturated rings. The smallest absolute Gasteiger partial charge is 0.203 e. The van der Waals surface area contributed by atoms with Gasteiger partial charge < -0.3 is 28.4 Å². The molecule has 0 atom stereocenters. The van der Waals surface area contributed by atoms with Crippen LogP contribution in [0.2, 0.25) is 0 Å².